The maximum Gasteiger partial charge on any atom is 0.291 e. The van der Waals surface area contributed by atoms with Crippen molar-refractivity contribution in [2.75, 3.05) is 173 Å². The minimum atomic E-state index is -0.640. The van der Waals surface area contributed by atoms with Crippen molar-refractivity contribution in [3.05, 3.63) is 114 Å². The smallest absolute Gasteiger partial charge is 0.291 e. The van der Waals surface area contributed by atoms with E-state index in [4.69, 9.17) is 57.1 Å². The Morgan fingerprint density at radius 3 is 1.48 bits per heavy atom. The summed E-state index contributed by atoms with van der Waals surface area (Å²) in [5, 5.41) is 26.3. The number of fused-ring (bicyclic) bond motifs is 3. The van der Waals surface area contributed by atoms with Gasteiger partial charge in [-0.3, -0.25) is 48.1 Å². The van der Waals surface area contributed by atoms with Gasteiger partial charge in [0.25, 0.3) is 29.5 Å². The molecule has 115 heavy (non-hydrogen) atoms. The zero-order valence-corrected chi connectivity index (χ0v) is 65.6. The van der Waals surface area contributed by atoms with Crippen molar-refractivity contribution in [2.24, 2.45) is 35.2 Å². The maximum absolute atomic E-state index is 13.3. The molecular weight excluding hydrogens is 1500 g/mol. The molecule has 0 unspecified atom stereocenters. The Kier molecular flexibility index (Phi) is 31.9. The van der Waals surface area contributed by atoms with Gasteiger partial charge in [0.05, 0.1) is 146 Å². The number of nitrogens with one attached hydrogen (secondary N) is 9. The number of piperidine rings is 1. The highest BCUT2D eigenvalue weighted by Gasteiger charge is 2.28. The van der Waals surface area contributed by atoms with Crippen molar-refractivity contribution in [3.63, 3.8) is 0 Å². The fourth-order valence-electron chi connectivity index (χ4n) is 12.4. The number of aromatic amines is 1. The van der Waals surface area contributed by atoms with Gasteiger partial charge in [-0.05, 0) is 51.0 Å². The monoisotopic (exact) mass is 1600 g/mol. The minimum Gasteiger partial charge on any atom is -0.496 e. The van der Waals surface area contributed by atoms with E-state index in [1.54, 1.807) is 65.5 Å². The number of hydrogen-bond acceptors (Lipinski definition) is 25. The van der Waals surface area contributed by atoms with Gasteiger partial charge < -0.3 is 122 Å². The van der Waals surface area contributed by atoms with Crippen LogP contribution in [-0.4, -0.2) is 268 Å². The molecule has 0 aliphatic carbocycles. The summed E-state index contributed by atoms with van der Waals surface area (Å²) in [4.78, 5) is 143. The molecule has 40 heteroatoms. The highest BCUT2D eigenvalue weighted by molar-refractivity contribution is 6.06. The molecule has 9 amide bonds. The SMILES string of the molecule is COc1cc2c(cc1-c1c(C)noc1C)ncc1nc(C3CCN(C(=O)COCCOCCOCCOCCOCCOCCOCCOCCNC(=O)CCNC(=O)c4nc(NC(=O)CCNC(=O)c5cc(NC(=O)c6nc(NC(=O)CCNC(=O)c7cc(NC(=O)c8nccn8C)cn7C)cn6C)cn5C)cn4C)CC3)[nH]c12. The Morgan fingerprint density at radius 2 is 0.983 bits per heavy atom. The zero-order valence-electron chi connectivity index (χ0n) is 65.6. The number of carbonyl (C=O) groups excluding carboxylic acids is 9. The summed E-state index contributed by atoms with van der Waals surface area (Å²) in [6.07, 6.45) is 12.1. The first-order valence-electron chi connectivity index (χ1n) is 37.5. The van der Waals surface area contributed by atoms with E-state index >= 15 is 0 Å². The molecule has 1 aliphatic rings. The summed E-state index contributed by atoms with van der Waals surface area (Å²) in [6.45, 7) is 10.7. The number of H-pyrrole nitrogens is 1. The maximum atomic E-state index is 13.3. The van der Waals surface area contributed by atoms with Gasteiger partial charge in [-0.2, -0.15) is 0 Å². The van der Waals surface area contributed by atoms with Crippen LogP contribution >= 0.6 is 0 Å². The Bertz CT molecular complexity index is 4790. The van der Waals surface area contributed by atoms with Crippen LogP contribution in [0, 0.1) is 13.8 Å². The Balaban J connectivity index is 0.468. The highest BCUT2D eigenvalue weighted by Crippen LogP contribution is 2.39. The van der Waals surface area contributed by atoms with Crippen LogP contribution in [0.4, 0.5) is 23.0 Å². The van der Waals surface area contributed by atoms with Crippen LogP contribution in [0.3, 0.4) is 0 Å². The van der Waals surface area contributed by atoms with Gasteiger partial charge in [-0.1, -0.05) is 5.16 Å². The summed E-state index contributed by atoms with van der Waals surface area (Å²) in [5.41, 5.74) is 6.06. The second kappa shape index (κ2) is 42.9. The van der Waals surface area contributed by atoms with Crippen molar-refractivity contribution in [1.29, 1.82) is 0 Å². The molecule has 8 aromatic heterocycles. The first-order chi connectivity index (χ1) is 55.6. The fraction of sp³-hybridized carbons (Fsp3) is 0.480. The molecule has 1 fully saturated rings. The predicted molar refractivity (Wildman–Crippen MR) is 416 cm³/mol. The molecule has 1 aromatic carbocycles. The van der Waals surface area contributed by atoms with E-state index in [2.05, 4.69) is 67.6 Å². The number of rotatable bonds is 47. The first-order valence-corrected chi connectivity index (χ1v) is 37.5. The number of carbonyl (C=O) groups is 9. The number of hydrogen-bond donors (Lipinski definition) is 9. The Labute approximate surface area is 661 Å². The number of pyridine rings is 1. The van der Waals surface area contributed by atoms with E-state index in [-0.39, 0.29) is 123 Å². The normalized spacial score (nSPS) is 12.3. The van der Waals surface area contributed by atoms with Crippen LogP contribution in [0.1, 0.15) is 108 Å². The van der Waals surface area contributed by atoms with Crippen LogP contribution in [0.2, 0.25) is 0 Å². The molecule has 1 aliphatic heterocycles. The second-order valence-electron chi connectivity index (χ2n) is 26.7. The molecule has 0 saturated carbocycles. The zero-order chi connectivity index (χ0) is 81.8. The topological polar surface area (TPSA) is 467 Å². The molecule has 0 spiro atoms. The van der Waals surface area contributed by atoms with Crippen LogP contribution in [0.25, 0.3) is 33.1 Å². The van der Waals surface area contributed by atoms with Gasteiger partial charge in [0.2, 0.25) is 35.3 Å². The molecule has 9 aromatic rings. The lowest BCUT2D eigenvalue weighted by Gasteiger charge is -2.31. The van der Waals surface area contributed by atoms with Crippen molar-refractivity contribution in [2.45, 2.75) is 51.9 Å². The largest absolute Gasteiger partial charge is 0.496 e. The average molecular weight is 1600 g/mol. The molecule has 40 nitrogen and oxygen atoms in total. The average Bonchev–Trinajstić information content (AvgIpc) is 1.67. The summed E-state index contributed by atoms with van der Waals surface area (Å²) in [7, 11) is 9.68. The minimum absolute atomic E-state index is 0.00591. The lowest BCUT2D eigenvalue weighted by atomic mass is 9.96. The third-order valence-electron chi connectivity index (χ3n) is 18.2. The number of methoxy groups -OCH3 is 1. The van der Waals surface area contributed by atoms with Gasteiger partial charge in [0.15, 0.2) is 17.5 Å². The number of amides is 9. The number of anilines is 4. The molecule has 9 N–H and O–H groups in total. The third kappa shape index (κ3) is 24.9. The summed E-state index contributed by atoms with van der Waals surface area (Å²) >= 11 is 0. The van der Waals surface area contributed by atoms with E-state index in [0.29, 0.717) is 123 Å². The number of ether oxygens (including phenoxy) is 9. The number of likely N-dealkylation sites (tertiary alicyclic amines) is 1. The third-order valence-corrected chi connectivity index (χ3v) is 18.2. The summed E-state index contributed by atoms with van der Waals surface area (Å²) in [6, 6.07) is 6.91. The molecule has 10 rings (SSSR count). The van der Waals surface area contributed by atoms with Gasteiger partial charge in [-0.15, -0.1) is 0 Å². The van der Waals surface area contributed by atoms with Gasteiger partial charge in [0, 0.05) is 148 Å². The van der Waals surface area contributed by atoms with Crippen molar-refractivity contribution >= 4 is 98.1 Å². The molecule has 0 bridgehead atoms. The highest BCUT2D eigenvalue weighted by atomic mass is 16.6. The molecular formula is C75H99N21O19. The molecule has 0 atom stereocenters. The number of benzene rings is 1. The van der Waals surface area contributed by atoms with E-state index < -0.39 is 41.4 Å². The lowest BCUT2D eigenvalue weighted by molar-refractivity contribution is -0.137. The number of nitrogens with zero attached hydrogens (tertiary/aromatic N) is 12. The van der Waals surface area contributed by atoms with Gasteiger partial charge in [0.1, 0.15) is 40.8 Å². The quantitative estimate of drug-likeness (QED) is 0.0247. The van der Waals surface area contributed by atoms with Crippen LogP contribution in [0.15, 0.2) is 72.2 Å². The summed E-state index contributed by atoms with van der Waals surface area (Å²) in [5.74, 6) is -1.25. The van der Waals surface area contributed by atoms with Gasteiger partial charge in [-0.25, -0.2) is 19.9 Å². The molecule has 0 radical (unpaired) electrons. The number of aromatic nitrogens is 12. The molecule has 9 heterocycles. The van der Waals surface area contributed by atoms with Crippen LogP contribution in [0.5, 0.6) is 5.75 Å². The standard InChI is InChI=1S/C75H99N21O19/c1-47-65(48(2)115-90-47)53-39-54-52(40-58(53)106-8)66-55(41-81-54)84-67(89-66)49-12-19-96(20-13-49)64(100)46-114-36-35-113-34-33-112-32-31-111-30-29-110-28-27-109-26-25-108-24-23-107-22-18-76-61(97)9-14-80-73(103)69-87-59(44-94(69)6)85-62(98)10-15-79-72(102)57-38-51(43-93(57)5)83-75(105)70-88-60(45-95(70)7)86-63(99)11-16-78-71(101)56-37-50(42-92(56)4)82-74(104)68-77-17-21-91(68)3/h17,21,37-45,49H,9-16,18-20,22-36,46H2,1-8H3,(H,76,97)(H,78,101)(H,79,102)(H,80,103)(H,82,104)(H,83,105)(H,84,89)(H,85,98)(H,86,99). The van der Waals surface area contributed by atoms with Gasteiger partial charge >= 0.3 is 0 Å². The fourth-order valence-corrected chi connectivity index (χ4v) is 12.4. The van der Waals surface area contributed by atoms with Crippen molar-refractivity contribution in [1.82, 2.24) is 84.1 Å². The Morgan fingerprint density at radius 1 is 0.496 bits per heavy atom. The van der Waals surface area contributed by atoms with E-state index in [1.807, 2.05) is 30.9 Å². The van der Waals surface area contributed by atoms with E-state index in [1.165, 1.54) is 55.2 Å². The van der Waals surface area contributed by atoms with E-state index in [9.17, 15) is 43.2 Å². The van der Waals surface area contributed by atoms with Crippen molar-refractivity contribution in [3.8, 4) is 16.9 Å². The van der Waals surface area contributed by atoms with Crippen molar-refractivity contribution < 1.29 is 90.3 Å². The van der Waals surface area contributed by atoms with Crippen LogP contribution in [-0.2, 0) is 92.3 Å². The molecule has 618 valence electrons. The first kappa shape index (κ1) is 85.6. The molecule has 1 saturated heterocycles. The van der Waals surface area contributed by atoms with E-state index in [0.717, 1.165) is 57.4 Å². The number of imidazole rings is 4. The Hall–Kier alpha value is -11.8. The summed E-state index contributed by atoms with van der Waals surface area (Å²) < 4.78 is 63.1. The number of aryl methyl sites for hydroxylation is 7. The second-order valence-corrected chi connectivity index (χ2v) is 26.7. The predicted octanol–water partition coefficient (Wildman–Crippen LogP) is 3.07. The van der Waals surface area contributed by atoms with Crippen LogP contribution < -0.4 is 47.3 Å². The lowest BCUT2D eigenvalue weighted by Crippen LogP contribution is -2.40.